The van der Waals surface area contributed by atoms with Crippen molar-refractivity contribution in [2.24, 2.45) is 0 Å². The van der Waals surface area contributed by atoms with Crippen LogP contribution in [0.3, 0.4) is 0 Å². The van der Waals surface area contributed by atoms with Crippen molar-refractivity contribution in [1.82, 2.24) is 9.97 Å². The zero-order chi connectivity index (χ0) is 13.2. The van der Waals surface area contributed by atoms with Gasteiger partial charge in [0.25, 0.3) is 0 Å². The Morgan fingerprint density at radius 1 is 0.789 bits per heavy atom. The minimum Gasteiger partial charge on any atom is -0.244 e. The average Bonchev–Trinajstić information content (AvgIpc) is 2.47. The van der Waals surface area contributed by atoms with Gasteiger partial charge < -0.3 is 0 Å². The van der Waals surface area contributed by atoms with Gasteiger partial charge in [0, 0.05) is 18.0 Å². The van der Waals surface area contributed by atoms with Crippen molar-refractivity contribution in [3.8, 4) is 11.1 Å². The van der Waals surface area contributed by atoms with E-state index in [-0.39, 0.29) is 0 Å². The third-order valence-corrected chi connectivity index (χ3v) is 3.42. The van der Waals surface area contributed by atoms with Crippen LogP contribution in [-0.4, -0.2) is 9.97 Å². The molecule has 0 N–H and O–H groups in total. The molecular formula is C17H16N2. The fourth-order valence-electron chi connectivity index (χ4n) is 2.25. The van der Waals surface area contributed by atoms with E-state index in [0.717, 1.165) is 11.1 Å². The first-order valence-electron chi connectivity index (χ1n) is 6.53. The highest BCUT2D eigenvalue weighted by atomic mass is 14.8. The smallest absolute Gasteiger partial charge is 0.115 e. The Morgan fingerprint density at radius 3 is 2.21 bits per heavy atom. The van der Waals surface area contributed by atoms with Crippen molar-refractivity contribution in [3.05, 3.63) is 60.7 Å². The van der Waals surface area contributed by atoms with Crippen LogP contribution in [-0.2, 0) is 0 Å². The average molecular weight is 248 g/mol. The van der Waals surface area contributed by atoms with Crippen molar-refractivity contribution in [3.63, 3.8) is 0 Å². The fraction of sp³-hybridized carbons (Fsp3) is 0.176. The summed E-state index contributed by atoms with van der Waals surface area (Å²) in [5.74, 6) is 0.562. The van der Waals surface area contributed by atoms with Gasteiger partial charge in [-0.3, -0.25) is 0 Å². The van der Waals surface area contributed by atoms with Crippen LogP contribution in [0.5, 0.6) is 0 Å². The summed E-state index contributed by atoms with van der Waals surface area (Å²) >= 11 is 0. The molecule has 19 heavy (non-hydrogen) atoms. The summed E-state index contributed by atoms with van der Waals surface area (Å²) in [6.45, 7) is 4.44. The van der Waals surface area contributed by atoms with Crippen LogP contribution >= 0.6 is 0 Å². The molecule has 0 radical (unpaired) electrons. The minimum atomic E-state index is 0.562. The summed E-state index contributed by atoms with van der Waals surface area (Å²) < 4.78 is 0. The third kappa shape index (κ3) is 2.34. The van der Waals surface area contributed by atoms with E-state index in [0.29, 0.717) is 5.92 Å². The van der Waals surface area contributed by atoms with Gasteiger partial charge in [0.1, 0.15) is 6.33 Å². The Hall–Kier alpha value is -2.22. The topological polar surface area (TPSA) is 25.8 Å². The molecule has 2 aromatic carbocycles. The molecule has 0 spiro atoms. The van der Waals surface area contributed by atoms with E-state index in [1.807, 2.05) is 12.4 Å². The Morgan fingerprint density at radius 2 is 1.47 bits per heavy atom. The van der Waals surface area contributed by atoms with E-state index in [9.17, 15) is 0 Å². The Labute approximate surface area is 113 Å². The molecule has 0 fully saturated rings. The van der Waals surface area contributed by atoms with E-state index < -0.39 is 0 Å². The summed E-state index contributed by atoms with van der Waals surface area (Å²) in [5.41, 5.74) is 3.59. The molecule has 0 amide bonds. The predicted molar refractivity (Wildman–Crippen MR) is 79.1 cm³/mol. The van der Waals surface area contributed by atoms with Crippen LogP contribution in [0.1, 0.15) is 25.3 Å². The minimum absolute atomic E-state index is 0.562. The summed E-state index contributed by atoms with van der Waals surface area (Å²) in [4.78, 5) is 8.13. The number of fused-ring (bicyclic) bond motifs is 1. The van der Waals surface area contributed by atoms with E-state index >= 15 is 0 Å². The summed E-state index contributed by atoms with van der Waals surface area (Å²) in [7, 11) is 0. The summed E-state index contributed by atoms with van der Waals surface area (Å²) in [6.07, 6.45) is 5.24. The van der Waals surface area contributed by atoms with Crippen molar-refractivity contribution < 1.29 is 0 Å². The van der Waals surface area contributed by atoms with Crippen LogP contribution in [0.2, 0.25) is 0 Å². The molecule has 0 saturated heterocycles. The molecule has 2 nitrogen and oxygen atoms in total. The molecule has 0 atom stereocenters. The monoisotopic (exact) mass is 248 g/mol. The lowest BCUT2D eigenvalue weighted by Gasteiger charge is -2.08. The maximum atomic E-state index is 4.07. The van der Waals surface area contributed by atoms with Gasteiger partial charge in [-0.25, -0.2) is 9.97 Å². The van der Waals surface area contributed by atoms with E-state index in [2.05, 4.69) is 60.2 Å². The molecule has 0 aliphatic heterocycles. The maximum Gasteiger partial charge on any atom is 0.115 e. The van der Waals surface area contributed by atoms with Crippen molar-refractivity contribution in [1.29, 1.82) is 0 Å². The molecule has 3 aromatic rings. The van der Waals surface area contributed by atoms with E-state index in [1.54, 1.807) is 6.33 Å². The molecule has 0 bridgehead atoms. The zero-order valence-corrected chi connectivity index (χ0v) is 11.2. The molecule has 1 aromatic heterocycles. The number of hydrogen-bond acceptors (Lipinski definition) is 2. The second-order valence-corrected chi connectivity index (χ2v) is 5.10. The van der Waals surface area contributed by atoms with E-state index in [4.69, 9.17) is 0 Å². The molecular weight excluding hydrogens is 232 g/mol. The molecule has 0 unspecified atom stereocenters. The normalized spacial score (nSPS) is 11.1. The van der Waals surface area contributed by atoms with Gasteiger partial charge in [0.05, 0.1) is 0 Å². The Balaban J connectivity index is 2.10. The second kappa shape index (κ2) is 4.81. The van der Waals surface area contributed by atoms with Crippen LogP contribution < -0.4 is 0 Å². The van der Waals surface area contributed by atoms with E-state index in [1.165, 1.54) is 16.3 Å². The van der Waals surface area contributed by atoms with Crippen molar-refractivity contribution in [2.75, 3.05) is 0 Å². The lowest BCUT2D eigenvalue weighted by molar-refractivity contribution is 0.869. The van der Waals surface area contributed by atoms with Gasteiger partial charge in [-0.1, -0.05) is 44.2 Å². The summed E-state index contributed by atoms with van der Waals surface area (Å²) in [6, 6.07) is 13.2. The number of rotatable bonds is 2. The van der Waals surface area contributed by atoms with Gasteiger partial charge in [-0.2, -0.15) is 0 Å². The van der Waals surface area contributed by atoms with Crippen molar-refractivity contribution >= 4 is 10.8 Å². The molecule has 94 valence electrons. The van der Waals surface area contributed by atoms with Gasteiger partial charge >= 0.3 is 0 Å². The highest BCUT2D eigenvalue weighted by molar-refractivity contribution is 5.87. The van der Waals surface area contributed by atoms with Gasteiger partial charge in [0.2, 0.25) is 0 Å². The summed E-state index contributed by atoms with van der Waals surface area (Å²) in [5, 5.41) is 2.54. The number of nitrogens with zero attached hydrogens (tertiary/aromatic N) is 2. The molecule has 0 aliphatic carbocycles. The van der Waals surface area contributed by atoms with Gasteiger partial charge in [-0.05, 0) is 33.9 Å². The lowest BCUT2D eigenvalue weighted by Crippen LogP contribution is -1.87. The first kappa shape index (κ1) is 11.8. The largest absolute Gasteiger partial charge is 0.244 e. The predicted octanol–water partition coefficient (Wildman–Crippen LogP) is 4.42. The van der Waals surface area contributed by atoms with Crippen LogP contribution in [0.15, 0.2) is 55.1 Å². The van der Waals surface area contributed by atoms with Crippen LogP contribution in [0.25, 0.3) is 21.9 Å². The number of benzene rings is 2. The third-order valence-electron chi connectivity index (χ3n) is 3.42. The zero-order valence-electron chi connectivity index (χ0n) is 11.2. The van der Waals surface area contributed by atoms with Crippen LogP contribution in [0, 0.1) is 0 Å². The highest BCUT2D eigenvalue weighted by Gasteiger charge is 2.03. The molecule has 0 saturated carbocycles. The molecule has 1 heterocycles. The maximum absolute atomic E-state index is 4.07. The molecule has 2 heteroatoms. The van der Waals surface area contributed by atoms with Gasteiger partial charge in [-0.15, -0.1) is 0 Å². The number of hydrogen-bond donors (Lipinski definition) is 0. The standard InChI is InChI=1S/C17H16N2/c1-12(2)13-3-4-15-8-16(6-5-14(15)7-13)17-9-18-11-19-10-17/h3-12H,1-2H3. The molecule has 0 aliphatic rings. The highest BCUT2D eigenvalue weighted by Crippen LogP contribution is 2.26. The Kier molecular flexibility index (Phi) is 3.00. The van der Waals surface area contributed by atoms with Crippen LogP contribution in [0.4, 0.5) is 0 Å². The first-order chi connectivity index (χ1) is 9.24. The quantitative estimate of drug-likeness (QED) is 0.671. The first-order valence-corrected chi connectivity index (χ1v) is 6.53. The lowest BCUT2D eigenvalue weighted by atomic mass is 9.97. The van der Waals surface area contributed by atoms with Gasteiger partial charge in [0.15, 0.2) is 0 Å². The fourth-order valence-corrected chi connectivity index (χ4v) is 2.25. The second-order valence-electron chi connectivity index (χ2n) is 5.10. The van der Waals surface area contributed by atoms with Crippen molar-refractivity contribution in [2.45, 2.75) is 19.8 Å². The number of aromatic nitrogens is 2. The Bertz CT molecular complexity index is 703. The SMILES string of the molecule is CC(C)c1ccc2cc(-c3cncnc3)ccc2c1. The molecule has 3 rings (SSSR count).